The van der Waals surface area contributed by atoms with Crippen LogP contribution in [0.5, 0.6) is 0 Å². The molecular formula is C10H17N3O. The van der Waals surface area contributed by atoms with Gasteiger partial charge in [0.1, 0.15) is 0 Å². The van der Waals surface area contributed by atoms with Crippen LogP contribution in [0.3, 0.4) is 0 Å². The molecular weight excluding hydrogens is 178 g/mol. The molecule has 78 valence electrons. The zero-order valence-electron chi connectivity index (χ0n) is 8.71. The Hall–Kier alpha value is -1.08. The Labute approximate surface area is 84.7 Å². The lowest BCUT2D eigenvalue weighted by atomic mass is 9.97. The van der Waals surface area contributed by atoms with Gasteiger partial charge in [-0.15, -0.1) is 0 Å². The molecule has 2 N–H and O–H groups in total. The van der Waals surface area contributed by atoms with Gasteiger partial charge in [-0.1, -0.05) is 6.92 Å². The first-order valence-corrected chi connectivity index (χ1v) is 5.03. The van der Waals surface area contributed by atoms with Crippen molar-refractivity contribution in [3.63, 3.8) is 0 Å². The number of nitriles is 1. The molecule has 4 nitrogen and oxygen atoms in total. The van der Waals surface area contributed by atoms with Gasteiger partial charge in [0.25, 0.3) is 0 Å². The molecule has 0 aromatic carbocycles. The van der Waals surface area contributed by atoms with Crippen LogP contribution in [-0.2, 0) is 4.79 Å². The van der Waals surface area contributed by atoms with Crippen LogP contribution < -0.4 is 10.6 Å². The summed E-state index contributed by atoms with van der Waals surface area (Å²) in [6, 6.07) is 2.00. The molecule has 3 unspecified atom stereocenters. The molecule has 1 saturated heterocycles. The molecule has 3 atom stereocenters. The van der Waals surface area contributed by atoms with Gasteiger partial charge in [-0.2, -0.15) is 5.26 Å². The molecule has 1 amide bonds. The van der Waals surface area contributed by atoms with Crippen LogP contribution in [0.25, 0.3) is 0 Å². The van der Waals surface area contributed by atoms with Gasteiger partial charge in [0, 0.05) is 12.6 Å². The first-order chi connectivity index (χ1) is 6.65. The van der Waals surface area contributed by atoms with Crippen molar-refractivity contribution in [2.45, 2.75) is 26.3 Å². The minimum atomic E-state index is -0.0414. The number of amides is 1. The van der Waals surface area contributed by atoms with Crippen LogP contribution in [0.1, 0.15) is 20.3 Å². The second kappa shape index (κ2) is 4.97. The van der Waals surface area contributed by atoms with Crippen LogP contribution in [0.4, 0.5) is 0 Å². The van der Waals surface area contributed by atoms with Gasteiger partial charge < -0.3 is 10.6 Å². The lowest BCUT2D eigenvalue weighted by molar-refractivity contribution is -0.125. The monoisotopic (exact) mass is 195 g/mol. The summed E-state index contributed by atoms with van der Waals surface area (Å²) in [4.78, 5) is 11.7. The fourth-order valence-corrected chi connectivity index (χ4v) is 1.70. The van der Waals surface area contributed by atoms with E-state index in [1.807, 2.05) is 13.0 Å². The highest BCUT2D eigenvalue weighted by Crippen LogP contribution is 2.15. The summed E-state index contributed by atoms with van der Waals surface area (Å²) >= 11 is 0. The van der Waals surface area contributed by atoms with Crippen LogP contribution in [0.15, 0.2) is 0 Å². The van der Waals surface area contributed by atoms with E-state index in [0.29, 0.717) is 12.3 Å². The molecule has 0 aromatic rings. The van der Waals surface area contributed by atoms with Gasteiger partial charge in [-0.25, -0.2) is 0 Å². The topological polar surface area (TPSA) is 64.9 Å². The van der Waals surface area contributed by atoms with Gasteiger partial charge in [0.05, 0.1) is 18.4 Å². The average Bonchev–Trinajstić information content (AvgIpc) is 2.51. The maximum absolute atomic E-state index is 11.7. The number of nitrogens with one attached hydrogen (secondary N) is 2. The van der Waals surface area contributed by atoms with E-state index < -0.39 is 0 Å². The number of hydrogen-bond donors (Lipinski definition) is 2. The van der Waals surface area contributed by atoms with Crippen LogP contribution in [0, 0.1) is 23.2 Å². The van der Waals surface area contributed by atoms with Crippen molar-refractivity contribution in [3.05, 3.63) is 0 Å². The largest absolute Gasteiger partial charge is 0.352 e. The van der Waals surface area contributed by atoms with Crippen LogP contribution in [-0.4, -0.2) is 25.0 Å². The maximum Gasteiger partial charge on any atom is 0.224 e. The van der Waals surface area contributed by atoms with E-state index in [0.717, 1.165) is 13.1 Å². The lowest BCUT2D eigenvalue weighted by Crippen LogP contribution is -2.39. The van der Waals surface area contributed by atoms with E-state index in [1.54, 1.807) is 0 Å². The molecule has 0 saturated carbocycles. The summed E-state index contributed by atoms with van der Waals surface area (Å²) in [6.07, 6.45) is 0.375. The number of hydrogen-bond acceptors (Lipinski definition) is 3. The second-order valence-corrected chi connectivity index (χ2v) is 4.01. The predicted molar refractivity (Wildman–Crippen MR) is 53.4 cm³/mol. The first kappa shape index (κ1) is 11.0. The van der Waals surface area contributed by atoms with Crippen molar-refractivity contribution in [2.75, 3.05) is 13.1 Å². The zero-order chi connectivity index (χ0) is 10.6. The maximum atomic E-state index is 11.7. The quantitative estimate of drug-likeness (QED) is 0.679. The highest BCUT2D eigenvalue weighted by Gasteiger charge is 2.29. The number of carbonyl (C=O) groups excluding carboxylic acids is 1. The molecule has 0 spiro atoms. The molecule has 0 aromatic heterocycles. The van der Waals surface area contributed by atoms with E-state index in [2.05, 4.69) is 17.6 Å². The fraction of sp³-hybridized carbons (Fsp3) is 0.800. The standard InChI is InChI=1S/C10H17N3O/c1-7-5-12-6-9(7)10(14)13-8(2)3-4-11/h7-9,12H,3,5-6H2,1-2H3,(H,13,14). The molecule has 1 rings (SSSR count). The van der Waals surface area contributed by atoms with E-state index in [4.69, 9.17) is 5.26 Å². The number of nitrogens with zero attached hydrogens (tertiary/aromatic N) is 1. The molecule has 1 fully saturated rings. The zero-order valence-corrected chi connectivity index (χ0v) is 8.71. The van der Waals surface area contributed by atoms with Crippen molar-refractivity contribution >= 4 is 5.91 Å². The summed E-state index contributed by atoms with van der Waals surface area (Å²) in [5.41, 5.74) is 0. The lowest BCUT2D eigenvalue weighted by Gasteiger charge is -2.17. The predicted octanol–water partition coefficient (Wildman–Crippen LogP) is 0.260. The molecule has 1 aliphatic rings. The summed E-state index contributed by atoms with van der Waals surface area (Å²) in [5.74, 6) is 0.533. The Kier molecular flexibility index (Phi) is 3.90. The van der Waals surface area contributed by atoms with E-state index in [1.165, 1.54) is 0 Å². The third kappa shape index (κ3) is 2.71. The molecule has 0 bridgehead atoms. The summed E-state index contributed by atoms with van der Waals surface area (Å²) in [5, 5.41) is 14.5. The van der Waals surface area contributed by atoms with Gasteiger partial charge in [0.15, 0.2) is 0 Å². The normalized spacial score (nSPS) is 28.1. The molecule has 0 aliphatic carbocycles. The molecule has 4 heteroatoms. The van der Waals surface area contributed by atoms with Crippen molar-refractivity contribution in [2.24, 2.45) is 11.8 Å². The van der Waals surface area contributed by atoms with E-state index >= 15 is 0 Å². The summed E-state index contributed by atoms with van der Waals surface area (Å²) in [6.45, 7) is 5.59. The molecule has 1 heterocycles. The minimum absolute atomic E-state index is 0.0414. The fourth-order valence-electron chi connectivity index (χ4n) is 1.70. The molecule has 1 aliphatic heterocycles. The van der Waals surface area contributed by atoms with Crippen molar-refractivity contribution in [3.8, 4) is 6.07 Å². The van der Waals surface area contributed by atoms with Crippen LogP contribution >= 0.6 is 0 Å². The van der Waals surface area contributed by atoms with Gasteiger partial charge in [-0.05, 0) is 19.4 Å². The SMILES string of the molecule is CC(CC#N)NC(=O)C1CNCC1C. The third-order valence-electron chi connectivity index (χ3n) is 2.64. The first-order valence-electron chi connectivity index (χ1n) is 5.03. The Morgan fingerprint density at radius 2 is 2.43 bits per heavy atom. The second-order valence-electron chi connectivity index (χ2n) is 4.01. The van der Waals surface area contributed by atoms with Crippen molar-refractivity contribution in [1.82, 2.24) is 10.6 Å². The highest BCUT2D eigenvalue weighted by molar-refractivity contribution is 5.79. The van der Waals surface area contributed by atoms with Gasteiger partial charge in [-0.3, -0.25) is 4.79 Å². The third-order valence-corrected chi connectivity index (χ3v) is 2.64. The minimum Gasteiger partial charge on any atom is -0.352 e. The van der Waals surface area contributed by atoms with Gasteiger partial charge >= 0.3 is 0 Å². The number of carbonyl (C=O) groups is 1. The van der Waals surface area contributed by atoms with Crippen molar-refractivity contribution < 1.29 is 4.79 Å². The average molecular weight is 195 g/mol. The number of rotatable bonds is 3. The highest BCUT2D eigenvalue weighted by atomic mass is 16.2. The summed E-state index contributed by atoms with van der Waals surface area (Å²) in [7, 11) is 0. The Morgan fingerprint density at radius 3 is 2.93 bits per heavy atom. The van der Waals surface area contributed by atoms with Crippen molar-refractivity contribution in [1.29, 1.82) is 5.26 Å². The summed E-state index contributed by atoms with van der Waals surface area (Å²) < 4.78 is 0. The molecule has 14 heavy (non-hydrogen) atoms. The Bertz CT molecular complexity index is 246. The van der Waals surface area contributed by atoms with Crippen LogP contribution in [0.2, 0.25) is 0 Å². The van der Waals surface area contributed by atoms with Gasteiger partial charge in [0.2, 0.25) is 5.91 Å². The smallest absolute Gasteiger partial charge is 0.224 e. The van der Waals surface area contributed by atoms with E-state index in [-0.39, 0.29) is 17.9 Å². The Balaban J connectivity index is 2.38. The molecule has 0 radical (unpaired) electrons. The van der Waals surface area contributed by atoms with E-state index in [9.17, 15) is 4.79 Å². The Morgan fingerprint density at radius 1 is 1.71 bits per heavy atom.